The van der Waals surface area contributed by atoms with E-state index in [0.29, 0.717) is 6.54 Å². The highest BCUT2D eigenvalue weighted by molar-refractivity contribution is 5.80. The number of nitrogens with zero attached hydrogens (tertiary/aromatic N) is 6. The first-order chi connectivity index (χ1) is 14.3. The van der Waals surface area contributed by atoms with E-state index in [1.807, 2.05) is 0 Å². The van der Waals surface area contributed by atoms with Crippen LogP contribution < -0.4 is 5.32 Å². The molecule has 7 nitrogen and oxygen atoms in total. The Labute approximate surface area is 173 Å². The molecule has 1 aromatic carbocycles. The van der Waals surface area contributed by atoms with Crippen LogP contribution in [0.3, 0.4) is 0 Å². The maximum absolute atomic E-state index is 4.92. The number of nitrogens with one attached hydrogen (secondary N) is 1. The molecular weight excluding hydrogens is 362 g/mol. The molecule has 0 unspecified atom stereocenters. The van der Waals surface area contributed by atoms with Crippen LogP contribution in [0.2, 0.25) is 0 Å². The quantitative estimate of drug-likeness (QED) is 0.622. The lowest BCUT2D eigenvalue weighted by molar-refractivity contribution is 0.172. The van der Waals surface area contributed by atoms with Crippen LogP contribution in [-0.4, -0.2) is 63.2 Å². The summed E-state index contributed by atoms with van der Waals surface area (Å²) in [6.07, 6.45) is 4.75. The number of aryl methyl sites for hydroxylation is 1. The molecule has 0 amide bonds. The Bertz CT molecular complexity index is 791. The van der Waals surface area contributed by atoms with E-state index in [9.17, 15) is 0 Å². The lowest BCUT2D eigenvalue weighted by atomic mass is 10.2. The standard InChI is InChI=1S/C22H33N7/c1-2-23-22(24-17-21-26-25-20-11-7-4-8-12-29(20)21)28-15-13-27(14-16-28)18-19-9-5-3-6-10-19/h3,5-6,9-10H,2,4,7-8,11-18H2,1H3,(H,23,24). The van der Waals surface area contributed by atoms with Crippen LogP contribution in [0.25, 0.3) is 0 Å². The summed E-state index contributed by atoms with van der Waals surface area (Å²) in [5.41, 5.74) is 1.38. The summed E-state index contributed by atoms with van der Waals surface area (Å²) in [4.78, 5) is 9.82. The fraction of sp³-hybridized carbons (Fsp3) is 0.591. The van der Waals surface area contributed by atoms with Crippen LogP contribution >= 0.6 is 0 Å². The zero-order valence-electron chi connectivity index (χ0n) is 17.6. The number of fused-ring (bicyclic) bond motifs is 1. The minimum atomic E-state index is 0.597. The molecule has 1 aromatic heterocycles. The molecule has 0 atom stereocenters. The Balaban J connectivity index is 1.36. The average Bonchev–Trinajstić information content (AvgIpc) is 2.98. The molecule has 2 aliphatic heterocycles. The zero-order chi connectivity index (χ0) is 19.9. The summed E-state index contributed by atoms with van der Waals surface area (Å²) in [6, 6.07) is 10.7. The Morgan fingerprint density at radius 3 is 2.62 bits per heavy atom. The molecule has 2 aliphatic rings. The van der Waals surface area contributed by atoms with Crippen LogP contribution in [-0.2, 0) is 26.1 Å². The molecule has 2 aromatic rings. The fourth-order valence-corrected chi connectivity index (χ4v) is 4.19. The van der Waals surface area contributed by atoms with E-state index in [4.69, 9.17) is 4.99 Å². The molecule has 4 rings (SSSR count). The second kappa shape index (κ2) is 9.87. The number of benzene rings is 1. The number of rotatable bonds is 5. The van der Waals surface area contributed by atoms with E-state index in [1.165, 1.54) is 24.8 Å². The van der Waals surface area contributed by atoms with Crippen LogP contribution in [0.15, 0.2) is 35.3 Å². The van der Waals surface area contributed by atoms with Gasteiger partial charge in [-0.3, -0.25) is 4.90 Å². The van der Waals surface area contributed by atoms with Crippen LogP contribution in [0.5, 0.6) is 0 Å². The van der Waals surface area contributed by atoms with E-state index < -0.39 is 0 Å². The maximum Gasteiger partial charge on any atom is 0.194 e. The van der Waals surface area contributed by atoms with Gasteiger partial charge in [-0.05, 0) is 25.3 Å². The summed E-state index contributed by atoms with van der Waals surface area (Å²) < 4.78 is 2.29. The van der Waals surface area contributed by atoms with Gasteiger partial charge < -0.3 is 14.8 Å². The van der Waals surface area contributed by atoms with Crippen molar-refractivity contribution in [2.24, 2.45) is 4.99 Å². The van der Waals surface area contributed by atoms with Gasteiger partial charge in [0, 0.05) is 52.2 Å². The number of aliphatic imine (C=N–C) groups is 1. The molecule has 3 heterocycles. The fourth-order valence-electron chi connectivity index (χ4n) is 4.19. The Morgan fingerprint density at radius 2 is 1.83 bits per heavy atom. The molecule has 0 radical (unpaired) electrons. The number of guanidine groups is 1. The van der Waals surface area contributed by atoms with E-state index in [0.717, 1.165) is 69.8 Å². The van der Waals surface area contributed by atoms with Crippen LogP contribution in [0.4, 0.5) is 0 Å². The second-order valence-electron chi connectivity index (χ2n) is 7.91. The highest BCUT2D eigenvalue weighted by Crippen LogP contribution is 2.15. The summed E-state index contributed by atoms with van der Waals surface area (Å²) in [7, 11) is 0. The second-order valence-corrected chi connectivity index (χ2v) is 7.91. The predicted octanol–water partition coefficient (Wildman–Crippen LogP) is 2.29. The zero-order valence-corrected chi connectivity index (χ0v) is 17.6. The first-order valence-corrected chi connectivity index (χ1v) is 11.0. The highest BCUT2D eigenvalue weighted by Gasteiger charge is 2.20. The minimum absolute atomic E-state index is 0.597. The average molecular weight is 396 g/mol. The topological polar surface area (TPSA) is 61.6 Å². The van der Waals surface area contributed by atoms with Crippen LogP contribution in [0.1, 0.15) is 43.4 Å². The smallest absolute Gasteiger partial charge is 0.194 e. The van der Waals surface area contributed by atoms with Crippen molar-refractivity contribution in [3.8, 4) is 0 Å². The molecule has 7 heteroatoms. The molecular formula is C22H33N7. The Hall–Kier alpha value is -2.41. The third-order valence-corrected chi connectivity index (χ3v) is 5.81. The lowest BCUT2D eigenvalue weighted by Crippen LogP contribution is -2.52. The molecule has 1 fully saturated rings. The largest absolute Gasteiger partial charge is 0.357 e. The van der Waals surface area contributed by atoms with Gasteiger partial charge in [0.05, 0.1) is 0 Å². The van der Waals surface area contributed by atoms with E-state index in [-0.39, 0.29) is 0 Å². The summed E-state index contributed by atoms with van der Waals surface area (Å²) in [5.74, 6) is 3.13. The van der Waals surface area contributed by atoms with E-state index in [2.05, 4.69) is 67.1 Å². The third kappa shape index (κ3) is 5.15. The lowest BCUT2D eigenvalue weighted by Gasteiger charge is -2.36. The van der Waals surface area contributed by atoms with Gasteiger partial charge in [0.1, 0.15) is 12.4 Å². The van der Waals surface area contributed by atoms with Crippen molar-refractivity contribution in [3.05, 3.63) is 47.5 Å². The Kier molecular flexibility index (Phi) is 6.77. The number of piperazine rings is 1. The van der Waals surface area contributed by atoms with Gasteiger partial charge in [0.15, 0.2) is 11.8 Å². The van der Waals surface area contributed by atoms with Crippen molar-refractivity contribution in [2.75, 3.05) is 32.7 Å². The molecule has 0 spiro atoms. The van der Waals surface area contributed by atoms with Gasteiger partial charge in [-0.2, -0.15) is 0 Å². The van der Waals surface area contributed by atoms with Gasteiger partial charge in [-0.1, -0.05) is 36.8 Å². The third-order valence-electron chi connectivity index (χ3n) is 5.81. The molecule has 1 saturated heterocycles. The van der Waals surface area contributed by atoms with Crippen molar-refractivity contribution >= 4 is 5.96 Å². The van der Waals surface area contributed by atoms with E-state index in [1.54, 1.807) is 0 Å². The van der Waals surface area contributed by atoms with Crippen molar-refractivity contribution in [2.45, 2.75) is 52.2 Å². The summed E-state index contributed by atoms with van der Waals surface area (Å²) in [6.45, 7) is 9.76. The maximum atomic E-state index is 4.92. The monoisotopic (exact) mass is 395 g/mol. The number of aromatic nitrogens is 3. The summed E-state index contributed by atoms with van der Waals surface area (Å²) in [5, 5.41) is 12.3. The SMILES string of the molecule is CCNC(=NCc1nnc2n1CCCCC2)N1CCN(Cc2ccccc2)CC1. The molecule has 156 valence electrons. The molecule has 1 N–H and O–H groups in total. The molecule has 0 bridgehead atoms. The van der Waals surface area contributed by atoms with Crippen LogP contribution in [0, 0.1) is 0 Å². The minimum Gasteiger partial charge on any atom is -0.357 e. The summed E-state index contributed by atoms with van der Waals surface area (Å²) >= 11 is 0. The Morgan fingerprint density at radius 1 is 1.00 bits per heavy atom. The van der Waals surface area contributed by atoms with Crippen molar-refractivity contribution in [1.29, 1.82) is 0 Å². The molecule has 29 heavy (non-hydrogen) atoms. The van der Waals surface area contributed by atoms with Gasteiger partial charge in [-0.15, -0.1) is 10.2 Å². The van der Waals surface area contributed by atoms with Gasteiger partial charge in [0.2, 0.25) is 0 Å². The first kappa shape index (κ1) is 19.9. The van der Waals surface area contributed by atoms with Crippen molar-refractivity contribution in [1.82, 2.24) is 29.9 Å². The first-order valence-electron chi connectivity index (χ1n) is 11.0. The van der Waals surface area contributed by atoms with Crippen molar-refractivity contribution in [3.63, 3.8) is 0 Å². The van der Waals surface area contributed by atoms with Gasteiger partial charge in [-0.25, -0.2) is 4.99 Å². The van der Waals surface area contributed by atoms with Gasteiger partial charge in [0.25, 0.3) is 0 Å². The molecule has 0 saturated carbocycles. The molecule has 0 aliphatic carbocycles. The van der Waals surface area contributed by atoms with Gasteiger partial charge >= 0.3 is 0 Å². The predicted molar refractivity (Wildman–Crippen MR) is 116 cm³/mol. The normalized spacial score (nSPS) is 18.4. The highest BCUT2D eigenvalue weighted by atomic mass is 15.4. The van der Waals surface area contributed by atoms with Crippen molar-refractivity contribution < 1.29 is 0 Å². The number of hydrogen-bond acceptors (Lipinski definition) is 4. The number of hydrogen-bond donors (Lipinski definition) is 1. The van der Waals surface area contributed by atoms with E-state index >= 15 is 0 Å².